The lowest BCUT2D eigenvalue weighted by atomic mass is 10.1. The molecule has 0 aromatic heterocycles. The Hall–Kier alpha value is -1.82. The molecule has 1 rings (SSSR count). The number of rotatable bonds is 3. The Kier molecular flexibility index (Phi) is 3.24. The molecular formula is C11H11NO2. The summed E-state index contributed by atoms with van der Waals surface area (Å²) in [5.74, 6) is 0.692. The lowest BCUT2D eigenvalue weighted by molar-refractivity contribution is 0.112. The predicted octanol–water partition coefficient (Wildman–Crippen LogP) is 2.02. The molecule has 1 aromatic carbocycles. The van der Waals surface area contributed by atoms with Crippen LogP contribution in [0.4, 0.5) is 0 Å². The molecule has 72 valence electrons. The Bertz CT molecular complexity index is 368. The van der Waals surface area contributed by atoms with Gasteiger partial charge in [-0.25, -0.2) is 0 Å². The summed E-state index contributed by atoms with van der Waals surface area (Å²) < 4.78 is 5.24. The van der Waals surface area contributed by atoms with Crippen molar-refractivity contribution in [3.8, 4) is 11.8 Å². The second kappa shape index (κ2) is 4.43. The van der Waals surface area contributed by atoms with Crippen LogP contribution in [0, 0.1) is 25.2 Å². The monoisotopic (exact) mass is 189 g/mol. The summed E-state index contributed by atoms with van der Waals surface area (Å²) >= 11 is 0. The first-order valence-electron chi connectivity index (χ1n) is 4.25. The number of carbonyl (C=O) groups excluding carboxylic acids is 1. The average molecular weight is 189 g/mol. The Morgan fingerprint density at radius 3 is 2.43 bits per heavy atom. The predicted molar refractivity (Wildman–Crippen MR) is 52.4 cm³/mol. The Balaban J connectivity index is 3.06. The molecule has 0 N–H and O–H groups in total. The van der Waals surface area contributed by atoms with Crippen LogP contribution in [-0.4, -0.2) is 12.9 Å². The first kappa shape index (κ1) is 10.3. The number of benzene rings is 1. The van der Waals surface area contributed by atoms with E-state index in [-0.39, 0.29) is 6.61 Å². The lowest BCUT2D eigenvalue weighted by Gasteiger charge is -2.09. The van der Waals surface area contributed by atoms with Crippen molar-refractivity contribution in [1.29, 1.82) is 5.26 Å². The minimum atomic E-state index is 0.0299. The van der Waals surface area contributed by atoms with E-state index in [1.165, 1.54) is 0 Å². The van der Waals surface area contributed by atoms with E-state index in [1.807, 2.05) is 19.9 Å². The number of nitriles is 1. The molecule has 0 aliphatic rings. The quantitative estimate of drug-likeness (QED) is 0.683. The zero-order valence-electron chi connectivity index (χ0n) is 8.20. The van der Waals surface area contributed by atoms with Gasteiger partial charge in [-0.05, 0) is 37.1 Å². The van der Waals surface area contributed by atoms with Gasteiger partial charge < -0.3 is 4.74 Å². The van der Waals surface area contributed by atoms with Crippen LogP contribution in [0.2, 0.25) is 0 Å². The van der Waals surface area contributed by atoms with E-state index in [4.69, 9.17) is 10.00 Å². The third-order valence-electron chi connectivity index (χ3n) is 1.90. The molecule has 0 aliphatic carbocycles. The van der Waals surface area contributed by atoms with Gasteiger partial charge in [0.2, 0.25) is 0 Å². The van der Waals surface area contributed by atoms with Crippen molar-refractivity contribution in [2.45, 2.75) is 13.8 Å². The van der Waals surface area contributed by atoms with Gasteiger partial charge in [-0.2, -0.15) is 5.26 Å². The topological polar surface area (TPSA) is 50.1 Å². The molecule has 0 aliphatic heterocycles. The highest BCUT2D eigenvalue weighted by Gasteiger charge is 2.05. The summed E-state index contributed by atoms with van der Waals surface area (Å²) in [7, 11) is 0. The molecule has 0 fully saturated rings. The van der Waals surface area contributed by atoms with E-state index in [1.54, 1.807) is 12.1 Å². The molecule has 0 spiro atoms. The van der Waals surface area contributed by atoms with Gasteiger partial charge in [-0.3, -0.25) is 4.79 Å². The summed E-state index contributed by atoms with van der Waals surface area (Å²) in [6, 6.07) is 5.39. The third-order valence-corrected chi connectivity index (χ3v) is 1.90. The van der Waals surface area contributed by atoms with Crippen LogP contribution in [0.15, 0.2) is 12.1 Å². The fourth-order valence-corrected chi connectivity index (χ4v) is 1.38. The number of ether oxygens (including phenoxy) is 1. The van der Waals surface area contributed by atoms with Crippen molar-refractivity contribution in [2.24, 2.45) is 0 Å². The molecule has 0 unspecified atom stereocenters. The van der Waals surface area contributed by atoms with Crippen LogP contribution in [-0.2, 0) is 0 Å². The van der Waals surface area contributed by atoms with E-state index >= 15 is 0 Å². The van der Waals surface area contributed by atoms with E-state index in [9.17, 15) is 4.79 Å². The fourth-order valence-electron chi connectivity index (χ4n) is 1.38. The summed E-state index contributed by atoms with van der Waals surface area (Å²) in [6.45, 7) is 3.74. The molecule has 0 heterocycles. The highest BCUT2D eigenvalue weighted by molar-refractivity contribution is 5.76. The maximum Gasteiger partial charge on any atom is 0.174 e. The molecular weight excluding hydrogens is 178 g/mol. The maximum absolute atomic E-state index is 10.5. The standard InChI is InChI=1S/C11H11NO2/c1-8-5-10(7-13)6-9(2)11(8)14-4-3-12/h5-7H,4H2,1-2H3. The van der Waals surface area contributed by atoms with Gasteiger partial charge in [0.1, 0.15) is 18.1 Å². The minimum absolute atomic E-state index is 0.0299. The number of hydrogen-bond donors (Lipinski definition) is 0. The summed E-state index contributed by atoms with van der Waals surface area (Å²) in [6.07, 6.45) is 0.800. The highest BCUT2D eigenvalue weighted by atomic mass is 16.5. The third kappa shape index (κ3) is 2.11. The van der Waals surface area contributed by atoms with Gasteiger partial charge in [0.05, 0.1) is 0 Å². The molecule has 3 nitrogen and oxygen atoms in total. The molecule has 3 heteroatoms. The normalized spacial score (nSPS) is 9.21. The van der Waals surface area contributed by atoms with E-state index < -0.39 is 0 Å². The Morgan fingerprint density at radius 1 is 1.43 bits per heavy atom. The van der Waals surface area contributed by atoms with Crippen molar-refractivity contribution in [1.82, 2.24) is 0 Å². The van der Waals surface area contributed by atoms with Crippen LogP contribution < -0.4 is 4.74 Å². The maximum atomic E-state index is 10.5. The SMILES string of the molecule is Cc1cc(C=O)cc(C)c1OCC#N. The number of nitrogens with zero attached hydrogens (tertiary/aromatic N) is 1. The molecule has 14 heavy (non-hydrogen) atoms. The highest BCUT2D eigenvalue weighted by Crippen LogP contribution is 2.23. The van der Waals surface area contributed by atoms with Gasteiger partial charge >= 0.3 is 0 Å². The van der Waals surface area contributed by atoms with Gasteiger partial charge in [-0.15, -0.1) is 0 Å². The number of aldehydes is 1. The number of aryl methyl sites for hydroxylation is 2. The van der Waals surface area contributed by atoms with Crippen LogP contribution in [0.1, 0.15) is 21.5 Å². The van der Waals surface area contributed by atoms with Crippen molar-refractivity contribution >= 4 is 6.29 Å². The average Bonchev–Trinajstić information content (AvgIpc) is 2.16. The van der Waals surface area contributed by atoms with Crippen LogP contribution >= 0.6 is 0 Å². The van der Waals surface area contributed by atoms with Crippen molar-refractivity contribution in [3.05, 3.63) is 28.8 Å². The Labute approximate surface area is 82.9 Å². The summed E-state index contributed by atoms with van der Waals surface area (Å²) in [4.78, 5) is 10.5. The molecule has 0 bridgehead atoms. The molecule has 0 amide bonds. The summed E-state index contributed by atoms with van der Waals surface area (Å²) in [5.41, 5.74) is 2.38. The van der Waals surface area contributed by atoms with Crippen molar-refractivity contribution < 1.29 is 9.53 Å². The Morgan fingerprint density at radius 2 is 2.00 bits per heavy atom. The van der Waals surface area contributed by atoms with Gasteiger partial charge in [0.15, 0.2) is 6.61 Å². The second-order valence-electron chi connectivity index (χ2n) is 3.05. The van der Waals surface area contributed by atoms with Crippen LogP contribution in [0.3, 0.4) is 0 Å². The molecule has 0 saturated carbocycles. The molecule has 1 aromatic rings. The van der Waals surface area contributed by atoms with Crippen LogP contribution in [0.25, 0.3) is 0 Å². The largest absolute Gasteiger partial charge is 0.478 e. The first-order valence-corrected chi connectivity index (χ1v) is 4.25. The minimum Gasteiger partial charge on any atom is -0.478 e. The zero-order chi connectivity index (χ0) is 10.6. The number of carbonyl (C=O) groups is 1. The summed E-state index contributed by atoms with van der Waals surface area (Å²) in [5, 5.41) is 8.38. The molecule has 0 radical (unpaired) electrons. The van der Waals surface area contributed by atoms with Gasteiger partial charge in [0, 0.05) is 5.56 Å². The second-order valence-corrected chi connectivity index (χ2v) is 3.05. The van der Waals surface area contributed by atoms with Crippen LogP contribution in [0.5, 0.6) is 5.75 Å². The lowest BCUT2D eigenvalue weighted by Crippen LogP contribution is -1.99. The van der Waals surface area contributed by atoms with Crippen molar-refractivity contribution in [2.75, 3.05) is 6.61 Å². The first-order chi connectivity index (χ1) is 6.69. The molecule has 0 atom stereocenters. The van der Waals surface area contributed by atoms with E-state index in [0.29, 0.717) is 11.3 Å². The number of hydrogen-bond acceptors (Lipinski definition) is 3. The van der Waals surface area contributed by atoms with Gasteiger partial charge in [-0.1, -0.05) is 0 Å². The van der Waals surface area contributed by atoms with E-state index in [2.05, 4.69) is 0 Å². The fraction of sp³-hybridized carbons (Fsp3) is 0.273. The van der Waals surface area contributed by atoms with Gasteiger partial charge in [0.25, 0.3) is 0 Å². The van der Waals surface area contributed by atoms with E-state index in [0.717, 1.165) is 17.4 Å². The zero-order valence-corrected chi connectivity index (χ0v) is 8.20. The molecule has 0 saturated heterocycles. The smallest absolute Gasteiger partial charge is 0.174 e. The van der Waals surface area contributed by atoms with Crippen molar-refractivity contribution in [3.63, 3.8) is 0 Å².